The first-order valence-electron chi connectivity index (χ1n) is 8.35. The van der Waals surface area contributed by atoms with Gasteiger partial charge in [0.2, 0.25) is 0 Å². The Labute approximate surface area is 160 Å². The first-order valence-corrected chi connectivity index (χ1v) is 8.72. The fourth-order valence-corrected chi connectivity index (χ4v) is 3.35. The molecule has 3 rings (SSSR count). The molecule has 0 aromatic heterocycles. The molecular weight excluding hydrogens is 373 g/mol. The monoisotopic (exact) mass is 388 g/mol. The number of alkyl halides is 3. The van der Waals surface area contributed by atoms with Crippen LogP contribution in [0.15, 0.2) is 72.8 Å². The highest BCUT2D eigenvalue weighted by molar-refractivity contribution is 6.31. The third-order valence-corrected chi connectivity index (χ3v) is 4.87. The Kier molecular flexibility index (Phi) is 5.66. The van der Waals surface area contributed by atoms with E-state index in [1.807, 2.05) is 42.5 Å². The summed E-state index contributed by atoms with van der Waals surface area (Å²) in [4.78, 5) is 11.5. The molecule has 0 bridgehead atoms. The van der Waals surface area contributed by atoms with Crippen molar-refractivity contribution < 1.29 is 18.0 Å². The van der Waals surface area contributed by atoms with Crippen LogP contribution in [0.4, 0.5) is 13.2 Å². The molecule has 27 heavy (non-hydrogen) atoms. The van der Waals surface area contributed by atoms with Crippen molar-refractivity contribution in [1.82, 2.24) is 0 Å². The van der Waals surface area contributed by atoms with E-state index in [1.165, 1.54) is 6.07 Å². The maximum absolute atomic E-state index is 13.1. The van der Waals surface area contributed by atoms with E-state index in [0.29, 0.717) is 11.1 Å². The van der Waals surface area contributed by atoms with Gasteiger partial charge in [-0.25, -0.2) is 0 Å². The number of aldehydes is 1. The molecule has 3 aromatic rings. The number of hydrogen-bond donors (Lipinski definition) is 0. The SMILES string of the molecule is O=Cc1ccccc1[C@H](Cc1cc(C(F)(F)F)ccc1Cl)c1ccccc1. The minimum Gasteiger partial charge on any atom is -0.298 e. The van der Waals surface area contributed by atoms with Crippen LogP contribution in [0.2, 0.25) is 5.02 Å². The molecule has 1 nitrogen and oxygen atoms in total. The van der Waals surface area contributed by atoms with E-state index in [9.17, 15) is 18.0 Å². The van der Waals surface area contributed by atoms with E-state index in [0.717, 1.165) is 29.5 Å². The Hall–Kier alpha value is -2.59. The zero-order valence-electron chi connectivity index (χ0n) is 14.2. The van der Waals surface area contributed by atoms with Crippen LogP contribution in [0.1, 0.15) is 38.5 Å². The zero-order valence-corrected chi connectivity index (χ0v) is 15.0. The van der Waals surface area contributed by atoms with E-state index >= 15 is 0 Å². The van der Waals surface area contributed by atoms with Crippen molar-refractivity contribution in [2.45, 2.75) is 18.5 Å². The summed E-state index contributed by atoms with van der Waals surface area (Å²) in [6.45, 7) is 0. The molecule has 1 atom stereocenters. The highest BCUT2D eigenvalue weighted by Gasteiger charge is 2.31. The molecule has 0 radical (unpaired) electrons. The van der Waals surface area contributed by atoms with E-state index in [2.05, 4.69) is 0 Å². The van der Waals surface area contributed by atoms with Crippen LogP contribution in [0.3, 0.4) is 0 Å². The molecule has 0 aliphatic carbocycles. The molecule has 0 N–H and O–H groups in total. The Bertz CT molecular complexity index is 936. The average Bonchev–Trinajstić information content (AvgIpc) is 2.67. The number of rotatable bonds is 5. The molecule has 0 spiro atoms. The molecule has 0 amide bonds. The van der Waals surface area contributed by atoms with Gasteiger partial charge < -0.3 is 0 Å². The van der Waals surface area contributed by atoms with Gasteiger partial charge in [-0.15, -0.1) is 0 Å². The third kappa shape index (κ3) is 4.40. The molecule has 5 heteroatoms. The summed E-state index contributed by atoms with van der Waals surface area (Å²) in [5.41, 5.74) is 1.82. The van der Waals surface area contributed by atoms with Gasteiger partial charge in [-0.2, -0.15) is 13.2 Å². The van der Waals surface area contributed by atoms with Crippen molar-refractivity contribution in [3.05, 3.63) is 106 Å². The topological polar surface area (TPSA) is 17.1 Å². The first-order chi connectivity index (χ1) is 12.9. The van der Waals surface area contributed by atoms with Crippen LogP contribution in [0, 0.1) is 0 Å². The fourth-order valence-electron chi connectivity index (χ4n) is 3.16. The lowest BCUT2D eigenvalue weighted by atomic mass is 9.83. The van der Waals surface area contributed by atoms with Gasteiger partial charge in [0.25, 0.3) is 0 Å². The van der Waals surface area contributed by atoms with Gasteiger partial charge in [0.1, 0.15) is 6.29 Å². The molecule has 3 aromatic carbocycles. The maximum atomic E-state index is 13.1. The summed E-state index contributed by atoms with van der Waals surface area (Å²) in [7, 11) is 0. The van der Waals surface area contributed by atoms with Crippen molar-refractivity contribution >= 4 is 17.9 Å². The quantitative estimate of drug-likeness (QED) is 0.453. The summed E-state index contributed by atoms with van der Waals surface area (Å²) < 4.78 is 39.3. The number of carbonyl (C=O) groups excluding carboxylic acids is 1. The molecule has 0 aliphatic heterocycles. The van der Waals surface area contributed by atoms with Crippen molar-refractivity contribution in [2.75, 3.05) is 0 Å². The minimum atomic E-state index is -4.44. The average molecular weight is 389 g/mol. The van der Waals surface area contributed by atoms with Gasteiger partial charge in [-0.05, 0) is 41.3 Å². The second-order valence-corrected chi connectivity index (χ2v) is 6.63. The Balaban J connectivity index is 2.09. The highest BCUT2D eigenvalue weighted by Crippen LogP contribution is 2.36. The molecule has 0 heterocycles. The van der Waals surface area contributed by atoms with Crippen LogP contribution >= 0.6 is 11.6 Å². The summed E-state index contributed by atoms with van der Waals surface area (Å²) in [6.07, 6.45) is -3.43. The Morgan fingerprint density at radius 3 is 2.26 bits per heavy atom. The Morgan fingerprint density at radius 1 is 0.926 bits per heavy atom. The number of carbonyl (C=O) groups is 1. The van der Waals surface area contributed by atoms with Crippen LogP contribution in [0.25, 0.3) is 0 Å². The Morgan fingerprint density at radius 2 is 1.59 bits per heavy atom. The van der Waals surface area contributed by atoms with Gasteiger partial charge in [0.15, 0.2) is 0 Å². The number of benzene rings is 3. The molecule has 0 saturated carbocycles. The zero-order chi connectivity index (χ0) is 19.4. The standard InChI is InChI=1S/C22H16ClF3O/c23-21-11-10-18(22(24,25)26)12-17(21)13-20(15-6-2-1-3-7-15)19-9-5-4-8-16(19)14-27/h1-12,14,20H,13H2/t20-/m1/s1. The summed E-state index contributed by atoms with van der Waals surface area (Å²) >= 11 is 6.20. The predicted molar refractivity (Wildman–Crippen MR) is 100 cm³/mol. The van der Waals surface area contributed by atoms with E-state index in [1.54, 1.807) is 12.1 Å². The first kappa shape index (κ1) is 19.2. The number of hydrogen-bond acceptors (Lipinski definition) is 1. The lowest BCUT2D eigenvalue weighted by Crippen LogP contribution is -2.10. The van der Waals surface area contributed by atoms with Crippen LogP contribution in [-0.4, -0.2) is 6.29 Å². The van der Waals surface area contributed by atoms with E-state index < -0.39 is 11.7 Å². The minimum absolute atomic E-state index is 0.248. The largest absolute Gasteiger partial charge is 0.416 e. The van der Waals surface area contributed by atoms with Gasteiger partial charge in [0, 0.05) is 16.5 Å². The van der Waals surface area contributed by atoms with E-state index in [4.69, 9.17) is 11.6 Å². The molecular formula is C22H16ClF3O. The normalized spacial score (nSPS) is 12.6. The second-order valence-electron chi connectivity index (χ2n) is 6.22. The lowest BCUT2D eigenvalue weighted by molar-refractivity contribution is -0.137. The van der Waals surface area contributed by atoms with Crippen molar-refractivity contribution in [1.29, 1.82) is 0 Å². The summed E-state index contributed by atoms with van der Waals surface area (Å²) in [5.74, 6) is -0.298. The maximum Gasteiger partial charge on any atom is 0.416 e. The van der Waals surface area contributed by atoms with Crippen molar-refractivity contribution in [3.8, 4) is 0 Å². The predicted octanol–water partition coefficient (Wildman–Crippen LogP) is 6.55. The molecule has 0 unspecified atom stereocenters. The van der Waals surface area contributed by atoms with E-state index in [-0.39, 0.29) is 17.4 Å². The van der Waals surface area contributed by atoms with Crippen LogP contribution in [0.5, 0.6) is 0 Å². The van der Waals surface area contributed by atoms with Gasteiger partial charge in [-0.3, -0.25) is 4.79 Å². The van der Waals surface area contributed by atoms with Gasteiger partial charge >= 0.3 is 6.18 Å². The van der Waals surface area contributed by atoms with Crippen molar-refractivity contribution in [2.24, 2.45) is 0 Å². The van der Waals surface area contributed by atoms with Crippen molar-refractivity contribution in [3.63, 3.8) is 0 Å². The lowest BCUT2D eigenvalue weighted by Gasteiger charge is -2.21. The van der Waals surface area contributed by atoms with Gasteiger partial charge in [0.05, 0.1) is 5.56 Å². The summed E-state index contributed by atoms with van der Waals surface area (Å²) in [5, 5.41) is 0.271. The van der Waals surface area contributed by atoms with Gasteiger partial charge in [-0.1, -0.05) is 66.2 Å². The smallest absolute Gasteiger partial charge is 0.298 e. The molecule has 0 fully saturated rings. The van der Waals surface area contributed by atoms with Crippen LogP contribution < -0.4 is 0 Å². The molecule has 138 valence electrons. The number of halogens is 4. The summed E-state index contributed by atoms with van der Waals surface area (Å²) in [6, 6.07) is 19.8. The third-order valence-electron chi connectivity index (χ3n) is 4.50. The molecule has 0 aliphatic rings. The highest BCUT2D eigenvalue weighted by atomic mass is 35.5. The van der Waals surface area contributed by atoms with Crippen LogP contribution in [-0.2, 0) is 12.6 Å². The second kappa shape index (κ2) is 7.97. The fraction of sp³-hybridized carbons (Fsp3) is 0.136. The molecule has 0 saturated heterocycles.